The number of aryl methyl sites for hydroxylation is 1. The van der Waals surface area contributed by atoms with Crippen LogP contribution in [0.15, 0.2) is 29.2 Å². The Morgan fingerprint density at radius 1 is 1.31 bits per heavy atom. The van der Waals surface area contributed by atoms with Crippen LogP contribution in [-0.2, 0) is 0 Å². The van der Waals surface area contributed by atoms with Gasteiger partial charge in [0.1, 0.15) is 0 Å². The number of benzene rings is 1. The summed E-state index contributed by atoms with van der Waals surface area (Å²) in [6.45, 7) is 4.48. The molecule has 1 aliphatic heterocycles. The van der Waals surface area contributed by atoms with Crippen LogP contribution in [-0.4, -0.2) is 18.3 Å². The number of nitrogens with one attached hydrogen (secondary N) is 1. The number of thioether (sulfide) groups is 1. The fraction of sp³-hybridized carbons (Fsp3) is 0.455. The van der Waals surface area contributed by atoms with Crippen LogP contribution in [0.2, 0.25) is 0 Å². The summed E-state index contributed by atoms with van der Waals surface area (Å²) in [6, 6.07) is 8.81. The Balaban J connectivity index is 1.97. The Labute approximate surface area is 83.9 Å². The maximum Gasteiger partial charge on any atom is 0.0231 e. The lowest BCUT2D eigenvalue weighted by molar-refractivity contribution is 0.858. The van der Waals surface area contributed by atoms with Crippen molar-refractivity contribution in [1.29, 1.82) is 0 Å². The van der Waals surface area contributed by atoms with Gasteiger partial charge in [-0.1, -0.05) is 17.7 Å². The van der Waals surface area contributed by atoms with Gasteiger partial charge in [-0.05, 0) is 32.0 Å². The van der Waals surface area contributed by atoms with Crippen LogP contribution in [0.3, 0.4) is 0 Å². The zero-order chi connectivity index (χ0) is 9.10. The molecule has 2 heteroatoms. The molecular formula is C11H15NS. The summed E-state index contributed by atoms with van der Waals surface area (Å²) in [7, 11) is 0. The first-order chi connectivity index (χ1) is 6.34. The molecule has 1 saturated heterocycles. The van der Waals surface area contributed by atoms with Crippen LogP contribution in [0.25, 0.3) is 0 Å². The van der Waals surface area contributed by atoms with E-state index in [2.05, 4.69) is 36.5 Å². The van der Waals surface area contributed by atoms with Crippen LogP contribution < -0.4 is 5.32 Å². The molecule has 0 saturated carbocycles. The lowest BCUT2D eigenvalue weighted by Gasteiger charge is -2.07. The first-order valence-corrected chi connectivity index (χ1v) is 5.66. The summed E-state index contributed by atoms with van der Waals surface area (Å²) in [6.07, 6.45) is 1.30. The fourth-order valence-corrected chi connectivity index (χ4v) is 2.65. The van der Waals surface area contributed by atoms with Gasteiger partial charge in [-0.3, -0.25) is 0 Å². The Morgan fingerprint density at radius 2 is 2.08 bits per heavy atom. The van der Waals surface area contributed by atoms with Crippen LogP contribution in [0.5, 0.6) is 0 Å². The van der Waals surface area contributed by atoms with Crippen molar-refractivity contribution in [3.05, 3.63) is 29.8 Å². The minimum absolute atomic E-state index is 0.780. The second kappa shape index (κ2) is 4.16. The summed E-state index contributed by atoms with van der Waals surface area (Å²) in [5.41, 5.74) is 1.34. The predicted molar refractivity (Wildman–Crippen MR) is 58.3 cm³/mol. The molecule has 0 aliphatic carbocycles. The minimum Gasteiger partial charge on any atom is -0.316 e. The third-order valence-electron chi connectivity index (χ3n) is 2.34. The topological polar surface area (TPSA) is 12.0 Å². The van der Waals surface area contributed by atoms with Gasteiger partial charge in [0.05, 0.1) is 0 Å². The Kier molecular flexibility index (Phi) is 2.91. The number of rotatable bonds is 2. The van der Waals surface area contributed by atoms with Gasteiger partial charge in [0.15, 0.2) is 0 Å². The Bertz CT molecular complexity index is 262. The molecular weight excluding hydrogens is 178 g/mol. The maximum atomic E-state index is 3.38. The van der Waals surface area contributed by atoms with Gasteiger partial charge < -0.3 is 5.32 Å². The molecule has 1 heterocycles. The predicted octanol–water partition coefficient (Wildman–Crippen LogP) is 2.45. The Hall–Kier alpha value is -0.470. The van der Waals surface area contributed by atoms with Crippen molar-refractivity contribution in [2.24, 2.45) is 0 Å². The molecule has 1 N–H and O–H groups in total. The molecule has 0 spiro atoms. The molecule has 1 fully saturated rings. The molecule has 1 aliphatic rings. The third kappa shape index (κ3) is 2.48. The highest BCUT2D eigenvalue weighted by molar-refractivity contribution is 8.00. The van der Waals surface area contributed by atoms with E-state index < -0.39 is 0 Å². The lowest BCUT2D eigenvalue weighted by Crippen LogP contribution is -2.09. The first-order valence-electron chi connectivity index (χ1n) is 4.78. The van der Waals surface area contributed by atoms with E-state index in [1.807, 2.05) is 11.8 Å². The molecule has 1 aromatic carbocycles. The zero-order valence-corrected chi connectivity index (χ0v) is 8.73. The van der Waals surface area contributed by atoms with E-state index in [1.165, 1.54) is 30.0 Å². The summed E-state index contributed by atoms with van der Waals surface area (Å²) in [5.74, 6) is 0. The Morgan fingerprint density at radius 3 is 2.69 bits per heavy atom. The first kappa shape index (κ1) is 9.10. The van der Waals surface area contributed by atoms with E-state index in [1.54, 1.807) is 0 Å². The van der Waals surface area contributed by atoms with Crippen molar-refractivity contribution in [2.75, 3.05) is 13.1 Å². The lowest BCUT2D eigenvalue weighted by atomic mass is 10.2. The SMILES string of the molecule is Cc1ccc(S[C@@H]2CCNC2)cc1. The fourth-order valence-electron chi connectivity index (χ4n) is 1.54. The average molecular weight is 193 g/mol. The van der Waals surface area contributed by atoms with Gasteiger partial charge in [0.25, 0.3) is 0 Å². The summed E-state index contributed by atoms with van der Waals surface area (Å²) in [5, 5.41) is 4.16. The minimum atomic E-state index is 0.780. The standard InChI is InChI=1S/C11H15NS/c1-9-2-4-10(5-3-9)13-11-6-7-12-8-11/h2-5,11-12H,6-8H2,1H3/t11-/m1/s1. The zero-order valence-electron chi connectivity index (χ0n) is 7.92. The van der Waals surface area contributed by atoms with Crippen molar-refractivity contribution in [3.63, 3.8) is 0 Å². The quantitative estimate of drug-likeness (QED) is 0.774. The van der Waals surface area contributed by atoms with Gasteiger partial charge in [-0.15, -0.1) is 11.8 Å². The van der Waals surface area contributed by atoms with E-state index in [0.29, 0.717) is 0 Å². The van der Waals surface area contributed by atoms with E-state index in [-0.39, 0.29) is 0 Å². The molecule has 1 aromatic rings. The van der Waals surface area contributed by atoms with Crippen LogP contribution in [0.4, 0.5) is 0 Å². The van der Waals surface area contributed by atoms with E-state index in [9.17, 15) is 0 Å². The molecule has 1 nitrogen and oxygen atoms in total. The van der Waals surface area contributed by atoms with E-state index in [0.717, 1.165) is 5.25 Å². The summed E-state index contributed by atoms with van der Waals surface area (Å²) >= 11 is 2.00. The largest absolute Gasteiger partial charge is 0.316 e. The van der Waals surface area contributed by atoms with Gasteiger partial charge >= 0.3 is 0 Å². The molecule has 1 atom stereocenters. The third-order valence-corrected chi connectivity index (χ3v) is 3.62. The highest BCUT2D eigenvalue weighted by Gasteiger charge is 2.14. The monoisotopic (exact) mass is 193 g/mol. The van der Waals surface area contributed by atoms with Crippen LogP contribution in [0, 0.1) is 6.92 Å². The summed E-state index contributed by atoms with van der Waals surface area (Å²) < 4.78 is 0. The molecule has 0 radical (unpaired) electrons. The molecule has 0 aromatic heterocycles. The molecule has 0 amide bonds. The molecule has 70 valence electrons. The molecule has 0 unspecified atom stereocenters. The normalized spacial score (nSPS) is 22.1. The highest BCUT2D eigenvalue weighted by atomic mass is 32.2. The van der Waals surface area contributed by atoms with Crippen molar-refractivity contribution in [1.82, 2.24) is 5.32 Å². The average Bonchev–Trinajstić information content (AvgIpc) is 2.62. The molecule has 2 rings (SSSR count). The van der Waals surface area contributed by atoms with Crippen LogP contribution >= 0.6 is 11.8 Å². The summed E-state index contributed by atoms with van der Waals surface area (Å²) in [4.78, 5) is 1.40. The molecule has 13 heavy (non-hydrogen) atoms. The van der Waals surface area contributed by atoms with Gasteiger partial charge in [-0.25, -0.2) is 0 Å². The smallest absolute Gasteiger partial charge is 0.0231 e. The second-order valence-corrected chi connectivity index (χ2v) is 4.92. The van der Waals surface area contributed by atoms with E-state index >= 15 is 0 Å². The second-order valence-electron chi connectivity index (χ2n) is 3.55. The van der Waals surface area contributed by atoms with Crippen LogP contribution in [0.1, 0.15) is 12.0 Å². The highest BCUT2D eigenvalue weighted by Crippen LogP contribution is 2.26. The van der Waals surface area contributed by atoms with Crippen molar-refractivity contribution in [3.8, 4) is 0 Å². The van der Waals surface area contributed by atoms with Crippen molar-refractivity contribution in [2.45, 2.75) is 23.5 Å². The van der Waals surface area contributed by atoms with Crippen molar-refractivity contribution >= 4 is 11.8 Å². The number of hydrogen-bond donors (Lipinski definition) is 1. The van der Waals surface area contributed by atoms with E-state index in [4.69, 9.17) is 0 Å². The van der Waals surface area contributed by atoms with Crippen molar-refractivity contribution < 1.29 is 0 Å². The maximum absolute atomic E-state index is 3.38. The molecule has 0 bridgehead atoms. The number of hydrogen-bond acceptors (Lipinski definition) is 2. The van der Waals surface area contributed by atoms with Gasteiger partial charge in [-0.2, -0.15) is 0 Å². The van der Waals surface area contributed by atoms with Gasteiger partial charge in [0.2, 0.25) is 0 Å². The van der Waals surface area contributed by atoms with Gasteiger partial charge in [0, 0.05) is 16.7 Å².